The van der Waals surface area contributed by atoms with Crippen molar-refractivity contribution >= 4 is 29.1 Å². The Morgan fingerprint density at radius 3 is 2.75 bits per heavy atom. The smallest absolute Gasteiger partial charge is 0.367 e. The third-order valence-corrected chi connectivity index (χ3v) is 3.30. The van der Waals surface area contributed by atoms with Crippen molar-refractivity contribution in [1.29, 1.82) is 0 Å². The summed E-state index contributed by atoms with van der Waals surface area (Å²) in [6.07, 6.45) is 0.216. The number of amides is 2. The van der Waals surface area contributed by atoms with E-state index in [1.54, 1.807) is 14.0 Å². The Morgan fingerprint density at radius 1 is 1.45 bits per heavy atom. The van der Waals surface area contributed by atoms with Gasteiger partial charge in [-0.3, -0.25) is 9.59 Å². The summed E-state index contributed by atoms with van der Waals surface area (Å²) in [6, 6.07) is 0. The third kappa shape index (κ3) is 4.30. The predicted octanol–water partition coefficient (Wildman–Crippen LogP) is 0.528. The first-order valence-corrected chi connectivity index (χ1v) is 6.96. The summed E-state index contributed by atoms with van der Waals surface area (Å²) in [6.45, 7) is 2.24. The molecule has 110 valence electrons. The first-order chi connectivity index (χ1) is 9.49. The van der Waals surface area contributed by atoms with Crippen LogP contribution in [0.2, 0.25) is 0 Å². The van der Waals surface area contributed by atoms with Gasteiger partial charge >= 0.3 is 5.97 Å². The lowest BCUT2D eigenvalue weighted by Crippen LogP contribution is -2.31. The molecule has 1 rings (SSSR count). The van der Waals surface area contributed by atoms with Crippen LogP contribution in [0.3, 0.4) is 0 Å². The van der Waals surface area contributed by atoms with E-state index in [2.05, 4.69) is 10.3 Å². The Balaban J connectivity index is 2.63. The molecule has 0 spiro atoms. The van der Waals surface area contributed by atoms with Gasteiger partial charge in [0.2, 0.25) is 10.9 Å². The van der Waals surface area contributed by atoms with Gasteiger partial charge in [0.25, 0.3) is 5.91 Å². The number of ether oxygens (including phenoxy) is 1. The van der Waals surface area contributed by atoms with Crippen molar-refractivity contribution < 1.29 is 19.1 Å². The molecule has 1 heterocycles. The molecule has 7 nitrogen and oxygen atoms in total. The lowest BCUT2D eigenvalue weighted by Gasteiger charge is -2.14. The number of nitrogens with zero attached hydrogens (tertiary/aromatic N) is 2. The second-order valence-corrected chi connectivity index (χ2v) is 4.77. The highest BCUT2D eigenvalue weighted by molar-refractivity contribution is 7.11. The van der Waals surface area contributed by atoms with Gasteiger partial charge < -0.3 is 15.0 Å². The zero-order valence-electron chi connectivity index (χ0n) is 11.6. The van der Waals surface area contributed by atoms with Gasteiger partial charge in [-0.1, -0.05) is 0 Å². The van der Waals surface area contributed by atoms with Crippen molar-refractivity contribution in [3.8, 4) is 0 Å². The van der Waals surface area contributed by atoms with Crippen LogP contribution in [-0.4, -0.2) is 54.9 Å². The molecule has 1 N–H and O–H groups in total. The summed E-state index contributed by atoms with van der Waals surface area (Å²) >= 11 is 1.06. The van der Waals surface area contributed by atoms with Crippen molar-refractivity contribution in [3.63, 3.8) is 0 Å². The Hall–Kier alpha value is -1.96. The molecule has 0 saturated heterocycles. The third-order valence-electron chi connectivity index (χ3n) is 2.47. The van der Waals surface area contributed by atoms with E-state index in [1.165, 1.54) is 17.3 Å². The van der Waals surface area contributed by atoms with E-state index in [9.17, 15) is 14.4 Å². The van der Waals surface area contributed by atoms with Gasteiger partial charge in [0.1, 0.15) is 5.69 Å². The number of nitrogens with one attached hydrogen (secondary N) is 1. The minimum absolute atomic E-state index is 0.143. The van der Waals surface area contributed by atoms with E-state index < -0.39 is 5.97 Å². The van der Waals surface area contributed by atoms with Crippen LogP contribution in [0.4, 0.5) is 0 Å². The van der Waals surface area contributed by atoms with Crippen LogP contribution in [0.15, 0.2) is 5.38 Å². The first kappa shape index (κ1) is 16.1. The number of thiazole rings is 1. The highest BCUT2D eigenvalue weighted by Gasteiger charge is 2.19. The quantitative estimate of drug-likeness (QED) is 0.774. The molecule has 1 aromatic heterocycles. The minimum atomic E-state index is -0.537. The average molecular weight is 299 g/mol. The number of hydrogen-bond donors (Lipinski definition) is 1. The highest BCUT2D eigenvalue weighted by atomic mass is 32.1. The molecule has 2 amide bonds. The molecule has 0 aliphatic heterocycles. The number of rotatable bonds is 6. The van der Waals surface area contributed by atoms with Gasteiger partial charge in [-0.15, -0.1) is 11.3 Å². The fourth-order valence-electron chi connectivity index (χ4n) is 1.35. The second kappa shape index (κ2) is 7.59. The van der Waals surface area contributed by atoms with E-state index in [1.807, 2.05) is 0 Å². The van der Waals surface area contributed by atoms with Gasteiger partial charge in [0.15, 0.2) is 0 Å². The maximum atomic E-state index is 12.0. The Morgan fingerprint density at radius 2 is 2.15 bits per heavy atom. The Labute approximate surface area is 120 Å². The summed E-state index contributed by atoms with van der Waals surface area (Å²) in [5.41, 5.74) is 0.178. The zero-order chi connectivity index (χ0) is 15.1. The minimum Gasteiger partial charge on any atom is -0.461 e. The lowest BCUT2D eigenvalue weighted by molar-refractivity contribution is -0.120. The molecule has 0 aliphatic rings. The molecular weight excluding hydrogens is 282 g/mol. The van der Waals surface area contributed by atoms with Gasteiger partial charge in [-0.2, -0.15) is 0 Å². The molecule has 0 saturated carbocycles. The number of esters is 1. The van der Waals surface area contributed by atoms with Crippen molar-refractivity contribution in [3.05, 3.63) is 16.1 Å². The summed E-state index contributed by atoms with van der Waals surface area (Å²) in [7, 11) is 3.12. The van der Waals surface area contributed by atoms with E-state index in [0.29, 0.717) is 0 Å². The van der Waals surface area contributed by atoms with E-state index in [0.717, 1.165) is 11.3 Å². The monoisotopic (exact) mass is 299 g/mol. The number of hydrogen-bond acceptors (Lipinski definition) is 6. The van der Waals surface area contributed by atoms with Crippen molar-refractivity contribution in [2.24, 2.45) is 0 Å². The molecular formula is C12H17N3O4S. The molecule has 0 aliphatic carbocycles. The molecule has 0 atom stereocenters. The fourth-order valence-corrected chi connectivity index (χ4v) is 2.03. The summed E-state index contributed by atoms with van der Waals surface area (Å²) in [5.74, 6) is -1.01. The fraction of sp³-hybridized carbons (Fsp3) is 0.500. The van der Waals surface area contributed by atoms with Crippen LogP contribution in [0.25, 0.3) is 0 Å². The molecule has 0 aromatic carbocycles. The van der Waals surface area contributed by atoms with Crippen LogP contribution in [0, 0.1) is 0 Å². The normalized spacial score (nSPS) is 9.95. The average Bonchev–Trinajstić information content (AvgIpc) is 2.93. The molecule has 20 heavy (non-hydrogen) atoms. The van der Waals surface area contributed by atoms with Crippen molar-refractivity contribution in [1.82, 2.24) is 15.2 Å². The molecule has 0 fully saturated rings. The highest BCUT2D eigenvalue weighted by Crippen LogP contribution is 2.12. The van der Waals surface area contributed by atoms with E-state index in [-0.39, 0.29) is 42.1 Å². The van der Waals surface area contributed by atoms with Crippen molar-refractivity contribution in [2.75, 3.05) is 27.2 Å². The standard InChI is InChI=1S/C12H17N3O4S/c1-4-19-12(18)10-14-8(7-20-10)11(17)15(3)6-5-9(16)13-2/h7H,4-6H2,1-3H3,(H,13,16). The van der Waals surface area contributed by atoms with Crippen LogP contribution in [-0.2, 0) is 9.53 Å². The number of carbonyl (C=O) groups is 3. The zero-order valence-corrected chi connectivity index (χ0v) is 12.5. The number of aromatic nitrogens is 1. The van der Waals surface area contributed by atoms with Gasteiger partial charge in [-0.25, -0.2) is 9.78 Å². The van der Waals surface area contributed by atoms with Crippen LogP contribution < -0.4 is 5.32 Å². The maximum absolute atomic E-state index is 12.0. The van der Waals surface area contributed by atoms with E-state index >= 15 is 0 Å². The predicted molar refractivity (Wildman–Crippen MR) is 73.7 cm³/mol. The van der Waals surface area contributed by atoms with Crippen LogP contribution in [0.5, 0.6) is 0 Å². The molecule has 0 unspecified atom stereocenters. The van der Waals surface area contributed by atoms with Crippen LogP contribution >= 0.6 is 11.3 Å². The SMILES string of the molecule is CCOC(=O)c1nc(C(=O)N(C)CCC(=O)NC)cs1. The van der Waals surface area contributed by atoms with Gasteiger partial charge in [0, 0.05) is 32.4 Å². The number of carbonyl (C=O) groups excluding carboxylic acids is 3. The Kier molecular flexibility index (Phi) is 6.10. The van der Waals surface area contributed by atoms with Gasteiger partial charge in [-0.05, 0) is 6.92 Å². The lowest BCUT2D eigenvalue weighted by atomic mass is 10.3. The molecule has 8 heteroatoms. The van der Waals surface area contributed by atoms with Crippen LogP contribution in [0.1, 0.15) is 33.6 Å². The summed E-state index contributed by atoms with van der Waals surface area (Å²) < 4.78 is 4.81. The molecule has 0 bridgehead atoms. The second-order valence-electron chi connectivity index (χ2n) is 3.91. The largest absolute Gasteiger partial charge is 0.461 e. The van der Waals surface area contributed by atoms with E-state index in [4.69, 9.17) is 4.74 Å². The first-order valence-electron chi connectivity index (χ1n) is 6.08. The van der Waals surface area contributed by atoms with Gasteiger partial charge in [0.05, 0.1) is 6.61 Å². The maximum Gasteiger partial charge on any atom is 0.367 e. The van der Waals surface area contributed by atoms with Crippen molar-refractivity contribution in [2.45, 2.75) is 13.3 Å². The molecule has 0 radical (unpaired) electrons. The molecule has 1 aromatic rings. The summed E-state index contributed by atoms with van der Waals surface area (Å²) in [5, 5.41) is 4.13. The Bertz CT molecular complexity index is 501. The topological polar surface area (TPSA) is 88.6 Å². The summed E-state index contributed by atoms with van der Waals surface area (Å²) in [4.78, 5) is 39.9.